The lowest BCUT2D eigenvalue weighted by molar-refractivity contribution is 0.328. The average molecular weight is 408 g/mol. The van der Waals surface area contributed by atoms with E-state index in [1.165, 1.54) is 4.31 Å². The van der Waals surface area contributed by atoms with E-state index in [9.17, 15) is 8.42 Å². The van der Waals surface area contributed by atoms with Gasteiger partial charge in [0.15, 0.2) is 0 Å². The van der Waals surface area contributed by atoms with Gasteiger partial charge in [-0.15, -0.1) is 0 Å². The third-order valence-electron chi connectivity index (χ3n) is 4.24. The van der Waals surface area contributed by atoms with E-state index in [2.05, 4.69) is 0 Å². The molecule has 29 heavy (non-hydrogen) atoms. The maximum absolute atomic E-state index is 13.2. The van der Waals surface area contributed by atoms with Crippen molar-refractivity contribution >= 4 is 15.7 Å². The molecule has 148 valence electrons. The molecule has 0 spiro atoms. The third-order valence-corrected chi connectivity index (χ3v) is 6.08. The molecule has 0 aliphatic rings. The molecule has 0 atom stereocenters. The first kappa shape index (κ1) is 20.2. The molecule has 0 aliphatic carbocycles. The van der Waals surface area contributed by atoms with Crippen LogP contribution in [0.1, 0.15) is 5.56 Å². The first-order valence-electron chi connectivity index (χ1n) is 8.89. The maximum Gasteiger partial charge on any atom is 0.264 e. The molecule has 7 heteroatoms. The van der Waals surface area contributed by atoms with E-state index in [1.54, 1.807) is 86.0 Å². The topological polar surface area (TPSA) is 79.6 Å². The molecule has 0 saturated heterocycles. The zero-order chi connectivity index (χ0) is 20.7. The van der Waals surface area contributed by atoms with Crippen molar-refractivity contribution in [1.29, 1.82) is 5.26 Å². The van der Waals surface area contributed by atoms with Crippen molar-refractivity contribution in [2.75, 3.05) is 24.6 Å². The smallest absolute Gasteiger partial charge is 0.264 e. The van der Waals surface area contributed by atoms with Crippen molar-refractivity contribution in [1.82, 2.24) is 0 Å². The normalized spacial score (nSPS) is 10.8. The van der Waals surface area contributed by atoms with E-state index < -0.39 is 10.0 Å². The highest BCUT2D eigenvalue weighted by molar-refractivity contribution is 7.92. The molecule has 3 aromatic carbocycles. The van der Waals surface area contributed by atoms with Gasteiger partial charge in [0.05, 0.1) is 35.9 Å². The van der Waals surface area contributed by atoms with E-state index in [0.717, 1.165) is 0 Å². The highest BCUT2D eigenvalue weighted by atomic mass is 32.2. The molecule has 0 bridgehead atoms. The van der Waals surface area contributed by atoms with Crippen LogP contribution < -0.4 is 13.8 Å². The quantitative estimate of drug-likeness (QED) is 0.566. The fourth-order valence-corrected chi connectivity index (χ4v) is 4.20. The summed E-state index contributed by atoms with van der Waals surface area (Å²) < 4.78 is 38.6. The van der Waals surface area contributed by atoms with E-state index >= 15 is 0 Å². The lowest BCUT2D eigenvalue weighted by Crippen LogP contribution is -2.34. The van der Waals surface area contributed by atoms with Gasteiger partial charge in [0.2, 0.25) is 0 Å². The summed E-state index contributed by atoms with van der Waals surface area (Å²) >= 11 is 0. The third kappa shape index (κ3) is 4.86. The second-order valence-corrected chi connectivity index (χ2v) is 7.94. The predicted octanol–water partition coefficient (Wildman–Crippen LogP) is 3.84. The molecule has 6 nitrogen and oxygen atoms in total. The van der Waals surface area contributed by atoms with Crippen LogP contribution in [0.15, 0.2) is 83.8 Å². The van der Waals surface area contributed by atoms with Crippen LogP contribution in [0.3, 0.4) is 0 Å². The minimum absolute atomic E-state index is 0.115. The van der Waals surface area contributed by atoms with Gasteiger partial charge in [-0.25, -0.2) is 8.42 Å². The summed E-state index contributed by atoms with van der Waals surface area (Å²) in [5.41, 5.74) is 1.04. The number of benzene rings is 3. The van der Waals surface area contributed by atoms with Crippen LogP contribution >= 0.6 is 0 Å². The summed E-state index contributed by atoms with van der Waals surface area (Å²) in [6.07, 6.45) is 0. The fraction of sp³-hybridized carbons (Fsp3) is 0.136. The van der Waals surface area contributed by atoms with Gasteiger partial charge in [-0.2, -0.15) is 5.26 Å². The van der Waals surface area contributed by atoms with Crippen molar-refractivity contribution in [3.05, 3.63) is 84.4 Å². The number of sulfonamides is 1. The fourth-order valence-electron chi connectivity index (χ4n) is 2.73. The summed E-state index contributed by atoms with van der Waals surface area (Å²) in [4.78, 5) is 0.203. The maximum atomic E-state index is 13.2. The largest absolute Gasteiger partial charge is 0.497 e. The second kappa shape index (κ2) is 9.13. The van der Waals surface area contributed by atoms with E-state index in [-0.39, 0.29) is 18.0 Å². The second-order valence-electron chi connectivity index (χ2n) is 6.07. The highest BCUT2D eigenvalue weighted by Crippen LogP contribution is 2.25. The molecule has 0 radical (unpaired) electrons. The summed E-state index contributed by atoms with van der Waals surface area (Å²) in [5.74, 6) is 1.20. The Kier molecular flexibility index (Phi) is 6.37. The Balaban J connectivity index is 1.83. The van der Waals surface area contributed by atoms with E-state index in [1.807, 2.05) is 6.07 Å². The Morgan fingerprint density at radius 2 is 1.52 bits per heavy atom. The Bertz CT molecular complexity index is 1070. The van der Waals surface area contributed by atoms with Crippen molar-refractivity contribution in [2.24, 2.45) is 0 Å². The predicted molar refractivity (Wildman–Crippen MR) is 111 cm³/mol. The van der Waals surface area contributed by atoms with Gasteiger partial charge in [0, 0.05) is 0 Å². The van der Waals surface area contributed by atoms with E-state index in [4.69, 9.17) is 14.7 Å². The molecule has 0 amide bonds. The van der Waals surface area contributed by atoms with Gasteiger partial charge in [-0.3, -0.25) is 4.31 Å². The van der Waals surface area contributed by atoms with Crippen LogP contribution in [0.5, 0.6) is 11.5 Å². The molecule has 0 unspecified atom stereocenters. The summed E-state index contributed by atoms with van der Waals surface area (Å²) in [7, 11) is -2.21. The monoisotopic (exact) mass is 408 g/mol. The van der Waals surface area contributed by atoms with Crippen molar-refractivity contribution in [3.63, 3.8) is 0 Å². The summed E-state index contributed by atoms with van der Waals surface area (Å²) in [6.45, 7) is 0.257. The van der Waals surface area contributed by atoms with Crippen LogP contribution in [-0.4, -0.2) is 28.7 Å². The Hall–Kier alpha value is -3.50. The molecule has 0 aliphatic heterocycles. The van der Waals surface area contributed by atoms with Crippen molar-refractivity contribution in [3.8, 4) is 17.6 Å². The minimum atomic E-state index is -3.77. The number of methoxy groups -OCH3 is 1. The molecule has 0 fully saturated rings. The SMILES string of the molecule is COc1ccc(N(CCOc2ccc(C#N)cc2)S(=O)(=O)c2ccccc2)cc1. The molecule has 0 saturated carbocycles. The number of anilines is 1. The first-order chi connectivity index (χ1) is 14.0. The van der Waals surface area contributed by atoms with Gasteiger partial charge >= 0.3 is 0 Å². The zero-order valence-electron chi connectivity index (χ0n) is 15.9. The number of hydrogen-bond acceptors (Lipinski definition) is 5. The molecule has 0 aromatic heterocycles. The van der Waals surface area contributed by atoms with Crippen LogP contribution in [0.4, 0.5) is 5.69 Å². The van der Waals surface area contributed by atoms with Gasteiger partial charge in [0.1, 0.15) is 18.1 Å². The lowest BCUT2D eigenvalue weighted by Gasteiger charge is -2.25. The van der Waals surface area contributed by atoms with Gasteiger partial charge in [0.25, 0.3) is 10.0 Å². The average Bonchev–Trinajstić information content (AvgIpc) is 2.78. The molecule has 3 aromatic rings. The van der Waals surface area contributed by atoms with Gasteiger partial charge in [-0.05, 0) is 60.7 Å². The molecular weight excluding hydrogens is 388 g/mol. The lowest BCUT2D eigenvalue weighted by atomic mass is 10.2. The van der Waals surface area contributed by atoms with Crippen LogP contribution in [-0.2, 0) is 10.0 Å². The number of nitrogens with zero attached hydrogens (tertiary/aromatic N) is 2. The van der Waals surface area contributed by atoms with E-state index in [0.29, 0.717) is 22.7 Å². The highest BCUT2D eigenvalue weighted by Gasteiger charge is 2.24. The van der Waals surface area contributed by atoms with Crippen LogP contribution in [0, 0.1) is 11.3 Å². The van der Waals surface area contributed by atoms with Gasteiger partial charge in [-0.1, -0.05) is 18.2 Å². The number of ether oxygens (including phenoxy) is 2. The molecule has 0 N–H and O–H groups in total. The van der Waals surface area contributed by atoms with Gasteiger partial charge < -0.3 is 9.47 Å². The Morgan fingerprint density at radius 3 is 2.10 bits per heavy atom. The van der Waals surface area contributed by atoms with Crippen LogP contribution in [0.2, 0.25) is 0 Å². The van der Waals surface area contributed by atoms with Crippen LogP contribution in [0.25, 0.3) is 0 Å². The molecular formula is C22H20N2O4S. The molecule has 0 heterocycles. The Labute approximate surface area is 170 Å². The number of nitriles is 1. The first-order valence-corrected chi connectivity index (χ1v) is 10.3. The van der Waals surface area contributed by atoms with Crippen molar-refractivity contribution in [2.45, 2.75) is 4.90 Å². The standard InChI is InChI=1S/C22H20N2O4S/c1-27-20-13-9-19(10-14-20)24(29(25,26)22-5-3-2-4-6-22)15-16-28-21-11-7-18(17-23)8-12-21/h2-14H,15-16H2,1H3. The van der Waals surface area contributed by atoms with Crippen molar-refractivity contribution < 1.29 is 17.9 Å². The number of hydrogen-bond donors (Lipinski definition) is 0. The summed E-state index contributed by atoms with van der Waals surface area (Å²) in [6, 6.07) is 23.8. The molecule has 3 rings (SSSR count). The minimum Gasteiger partial charge on any atom is -0.497 e. The number of rotatable bonds is 8. The zero-order valence-corrected chi connectivity index (χ0v) is 16.7. The summed E-state index contributed by atoms with van der Waals surface area (Å²) in [5, 5.41) is 8.87. The Morgan fingerprint density at radius 1 is 0.897 bits per heavy atom.